The third kappa shape index (κ3) is 3.99. The first-order chi connectivity index (χ1) is 9.79. The quantitative estimate of drug-likeness (QED) is 0.539. The van der Waals surface area contributed by atoms with Crippen molar-refractivity contribution < 1.29 is 13.2 Å². The maximum Gasteiger partial charge on any atom is 0.416 e. The van der Waals surface area contributed by atoms with E-state index in [9.17, 15) is 13.2 Å². The summed E-state index contributed by atoms with van der Waals surface area (Å²) in [5, 5.41) is 3.25. The van der Waals surface area contributed by atoms with E-state index in [-0.39, 0.29) is 11.6 Å². The smallest absolute Gasteiger partial charge is 0.340 e. The molecule has 0 atom stereocenters. The fourth-order valence-corrected chi connectivity index (χ4v) is 2.05. The van der Waals surface area contributed by atoms with Crippen molar-refractivity contribution in [3.63, 3.8) is 0 Å². The number of halogens is 5. The van der Waals surface area contributed by atoms with Crippen LogP contribution in [0.2, 0.25) is 5.02 Å². The highest BCUT2D eigenvalue weighted by atomic mass is 79.9. The number of pyridine rings is 1. The van der Waals surface area contributed by atoms with Gasteiger partial charge >= 0.3 is 6.18 Å². The summed E-state index contributed by atoms with van der Waals surface area (Å²) in [5.41, 5.74) is 1.77. The van der Waals surface area contributed by atoms with E-state index in [4.69, 9.17) is 17.4 Å². The van der Waals surface area contributed by atoms with Crippen molar-refractivity contribution >= 4 is 44.9 Å². The summed E-state index contributed by atoms with van der Waals surface area (Å²) in [6.07, 6.45) is -4.49. The molecule has 2 rings (SSSR count). The van der Waals surface area contributed by atoms with E-state index in [0.717, 1.165) is 12.1 Å². The Morgan fingerprint density at radius 2 is 1.81 bits per heavy atom. The van der Waals surface area contributed by atoms with Crippen molar-refractivity contribution in [3.8, 4) is 0 Å². The standard InChI is InChI=1S/C12H9BrClF3N4/c13-8-5-7(1-2-9(8)14)19-10-3-6(12(15,16)17)4-11(20-10)21-18/h1-5H,18H2,(H2,19,20,21). The van der Waals surface area contributed by atoms with Crippen LogP contribution in [0.5, 0.6) is 0 Å². The van der Waals surface area contributed by atoms with E-state index in [1.54, 1.807) is 18.2 Å². The predicted octanol–water partition coefficient (Wildman–Crippen LogP) is 4.55. The Bertz CT molecular complexity index is 663. The maximum atomic E-state index is 12.8. The summed E-state index contributed by atoms with van der Waals surface area (Å²) in [5.74, 6) is 5.05. The summed E-state index contributed by atoms with van der Waals surface area (Å²) in [6.45, 7) is 0. The molecule has 0 unspecified atom stereocenters. The number of rotatable bonds is 3. The van der Waals surface area contributed by atoms with Crippen LogP contribution in [0.3, 0.4) is 0 Å². The molecule has 1 heterocycles. The average molecular weight is 382 g/mol. The lowest BCUT2D eigenvalue weighted by Crippen LogP contribution is -2.13. The Labute approximate surface area is 131 Å². The van der Waals surface area contributed by atoms with E-state index in [1.165, 1.54) is 0 Å². The van der Waals surface area contributed by atoms with Gasteiger partial charge in [0, 0.05) is 10.2 Å². The van der Waals surface area contributed by atoms with Crippen LogP contribution in [-0.2, 0) is 6.18 Å². The van der Waals surface area contributed by atoms with Gasteiger partial charge < -0.3 is 10.7 Å². The molecule has 0 aliphatic heterocycles. The predicted molar refractivity (Wildman–Crippen MR) is 79.5 cm³/mol. The van der Waals surface area contributed by atoms with Crippen LogP contribution in [0.4, 0.5) is 30.5 Å². The molecule has 2 aromatic rings. The van der Waals surface area contributed by atoms with Crippen molar-refractivity contribution in [1.29, 1.82) is 0 Å². The van der Waals surface area contributed by atoms with Gasteiger partial charge in [-0.2, -0.15) is 13.2 Å². The number of hydrogen-bond acceptors (Lipinski definition) is 4. The molecule has 1 aromatic carbocycles. The molecule has 0 aliphatic rings. The van der Waals surface area contributed by atoms with Crippen molar-refractivity contribution in [2.24, 2.45) is 5.84 Å². The second kappa shape index (κ2) is 6.08. The SMILES string of the molecule is NNc1cc(C(F)(F)F)cc(Nc2ccc(Cl)c(Br)c2)n1. The van der Waals surface area contributed by atoms with E-state index >= 15 is 0 Å². The van der Waals surface area contributed by atoms with E-state index < -0.39 is 11.7 Å². The van der Waals surface area contributed by atoms with Gasteiger partial charge in [-0.25, -0.2) is 10.8 Å². The lowest BCUT2D eigenvalue weighted by Gasteiger charge is -2.12. The largest absolute Gasteiger partial charge is 0.416 e. The number of nitrogen functional groups attached to an aromatic ring is 1. The summed E-state index contributed by atoms with van der Waals surface area (Å²) in [6, 6.07) is 6.56. The molecule has 0 fully saturated rings. The van der Waals surface area contributed by atoms with Crippen LogP contribution in [0.25, 0.3) is 0 Å². The zero-order valence-corrected chi connectivity index (χ0v) is 12.6. The van der Waals surface area contributed by atoms with Gasteiger partial charge in [0.25, 0.3) is 0 Å². The molecule has 112 valence electrons. The fraction of sp³-hybridized carbons (Fsp3) is 0.0833. The van der Waals surface area contributed by atoms with Gasteiger partial charge in [0.15, 0.2) is 0 Å². The summed E-state index contributed by atoms with van der Waals surface area (Å²) in [7, 11) is 0. The average Bonchev–Trinajstić information content (AvgIpc) is 2.41. The van der Waals surface area contributed by atoms with Crippen LogP contribution < -0.4 is 16.6 Å². The number of nitrogens with zero attached hydrogens (tertiary/aromatic N) is 1. The molecular formula is C12H9BrClF3N4. The van der Waals surface area contributed by atoms with E-state index in [0.29, 0.717) is 15.2 Å². The summed E-state index contributed by atoms with van der Waals surface area (Å²) in [4.78, 5) is 3.92. The highest BCUT2D eigenvalue weighted by molar-refractivity contribution is 9.10. The zero-order valence-electron chi connectivity index (χ0n) is 10.3. The number of nitrogens with two attached hydrogens (primary N) is 1. The molecule has 0 saturated heterocycles. The van der Waals surface area contributed by atoms with Gasteiger partial charge in [-0.15, -0.1) is 0 Å². The number of hydrazine groups is 1. The number of aromatic nitrogens is 1. The van der Waals surface area contributed by atoms with E-state index in [1.807, 2.05) is 0 Å². The topological polar surface area (TPSA) is 63.0 Å². The molecule has 0 saturated carbocycles. The Kier molecular flexibility index (Phi) is 4.60. The molecule has 9 heteroatoms. The zero-order chi connectivity index (χ0) is 15.6. The molecule has 0 amide bonds. The molecule has 0 aliphatic carbocycles. The van der Waals surface area contributed by atoms with Gasteiger partial charge in [0.05, 0.1) is 10.6 Å². The summed E-state index contributed by atoms with van der Waals surface area (Å²) >= 11 is 9.08. The lowest BCUT2D eigenvalue weighted by atomic mass is 10.2. The Morgan fingerprint density at radius 3 is 2.38 bits per heavy atom. The molecular weight excluding hydrogens is 373 g/mol. The van der Waals surface area contributed by atoms with Crippen LogP contribution in [0, 0.1) is 0 Å². The van der Waals surface area contributed by atoms with Gasteiger partial charge in [-0.05, 0) is 46.3 Å². The van der Waals surface area contributed by atoms with Crippen molar-refractivity contribution in [2.45, 2.75) is 6.18 Å². The monoisotopic (exact) mass is 380 g/mol. The normalized spacial score (nSPS) is 11.3. The second-order valence-corrected chi connectivity index (χ2v) is 5.28. The fourth-order valence-electron chi connectivity index (χ4n) is 1.55. The Morgan fingerprint density at radius 1 is 1.14 bits per heavy atom. The third-order valence-corrected chi connectivity index (χ3v) is 3.71. The minimum Gasteiger partial charge on any atom is -0.340 e. The molecule has 0 radical (unpaired) electrons. The van der Waals surface area contributed by atoms with Crippen molar-refractivity contribution in [1.82, 2.24) is 4.98 Å². The Balaban J connectivity index is 2.36. The lowest BCUT2D eigenvalue weighted by molar-refractivity contribution is -0.137. The first-order valence-electron chi connectivity index (χ1n) is 5.57. The number of hydrogen-bond donors (Lipinski definition) is 3. The van der Waals surface area contributed by atoms with Gasteiger partial charge in [0.2, 0.25) is 0 Å². The van der Waals surface area contributed by atoms with E-state index in [2.05, 4.69) is 31.7 Å². The third-order valence-electron chi connectivity index (χ3n) is 2.49. The second-order valence-electron chi connectivity index (χ2n) is 4.02. The van der Waals surface area contributed by atoms with Gasteiger partial charge in [0.1, 0.15) is 11.6 Å². The summed E-state index contributed by atoms with van der Waals surface area (Å²) < 4.78 is 39.0. The Hall–Kier alpha value is -1.51. The van der Waals surface area contributed by atoms with Crippen molar-refractivity contribution in [3.05, 3.63) is 45.4 Å². The molecule has 4 N–H and O–H groups in total. The number of alkyl halides is 3. The number of benzene rings is 1. The molecule has 21 heavy (non-hydrogen) atoms. The molecule has 0 bridgehead atoms. The van der Waals surface area contributed by atoms with Crippen molar-refractivity contribution in [2.75, 3.05) is 10.7 Å². The van der Waals surface area contributed by atoms with Gasteiger partial charge in [-0.3, -0.25) is 0 Å². The number of anilines is 3. The highest BCUT2D eigenvalue weighted by Crippen LogP contribution is 2.33. The van der Waals surface area contributed by atoms with Gasteiger partial charge in [-0.1, -0.05) is 11.6 Å². The minimum atomic E-state index is -4.49. The minimum absolute atomic E-state index is 0.00648. The molecule has 0 spiro atoms. The highest BCUT2D eigenvalue weighted by Gasteiger charge is 2.31. The molecule has 4 nitrogen and oxygen atoms in total. The maximum absolute atomic E-state index is 12.8. The number of nitrogens with one attached hydrogen (secondary N) is 2. The van der Waals surface area contributed by atoms with Crippen LogP contribution in [0.1, 0.15) is 5.56 Å². The van der Waals surface area contributed by atoms with Crippen LogP contribution in [0.15, 0.2) is 34.8 Å². The van der Waals surface area contributed by atoms with Crippen LogP contribution >= 0.6 is 27.5 Å². The first-order valence-corrected chi connectivity index (χ1v) is 6.74. The van der Waals surface area contributed by atoms with Crippen LogP contribution in [-0.4, -0.2) is 4.98 Å². The first kappa shape index (κ1) is 15.9. The molecule has 1 aromatic heterocycles.